The fourth-order valence-corrected chi connectivity index (χ4v) is 6.17. The molecule has 0 bridgehead atoms. The van der Waals surface area contributed by atoms with E-state index >= 15 is 0 Å². The summed E-state index contributed by atoms with van der Waals surface area (Å²) < 4.78 is 1.73. The third kappa shape index (κ3) is 7.88. The SMILES string of the molecule is CB(O)N1CC=[C]([Sn]([CH3])([CH3])[CH3])CC1.[I][V][I]. The second kappa shape index (κ2) is 9.47. The molecule has 0 radical (unpaired) electrons. The zero-order valence-corrected chi connectivity index (χ0v) is 18.9. The normalized spacial score (nSPS) is 17.1. The van der Waals surface area contributed by atoms with Crippen LogP contribution in [0.5, 0.6) is 0 Å². The van der Waals surface area contributed by atoms with Crippen LogP contribution in [0, 0.1) is 0 Å². The van der Waals surface area contributed by atoms with E-state index in [0.29, 0.717) is 9.47 Å². The molecule has 0 spiro atoms. The van der Waals surface area contributed by atoms with Crippen LogP contribution in [-0.2, 0) is 9.47 Å². The quantitative estimate of drug-likeness (QED) is 0.393. The topological polar surface area (TPSA) is 23.5 Å². The summed E-state index contributed by atoms with van der Waals surface area (Å²) >= 11 is 2.97. The first-order valence-electron chi connectivity index (χ1n) is 5.36. The fraction of sp³-hybridized carbons (Fsp3) is 0.778. The van der Waals surface area contributed by atoms with E-state index in [4.69, 9.17) is 0 Å². The van der Waals surface area contributed by atoms with Crippen molar-refractivity contribution in [3.05, 3.63) is 9.67 Å². The molecule has 1 heterocycles. The Bertz CT molecular complexity index is 236. The standard InChI is InChI=1S/C6H11BNO.3CH3.2HI.Sn.V/c1-7(9)8-5-3-2-4-6-8;;;;;;;/h3,9H,4-6H2,1H3;3*1H3;2*1H;;/q;;;;;;;+2/p-2. The van der Waals surface area contributed by atoms with Crippen LogP contribution in [0.3, 0.4) is 0 Å². The summed E-state index contributed by atoms with van der Waals surface area (Å²) in [5, 5.41) is 9.38. The first kappa shape index (κ1) is 18.6. The molecular formula is C9H20BI2NOSnV. The van der Waals surface area contributed by atoms with Crippen molar-refractivity contribution in [1.82, 2.24) is 4.81 Å². The fourth-order valence-electron chi connectivity index (χ4n) is 1.71. The third-order valence-corrected chi connectivity index (χ3v) is 9.53. The summed E-state index contributed by atoms with van der Waals surface area (Å²) in [6, 6.07) is 0. The van der Waals surface area contributed by atoms with Gasteiger partial charge in [-0.1, -0.05) is 0 Å². The maximum absolute atomic E-state index is 9.38. The molecule has 0 atom stereocenters. The van der Waals surface area contributed by atoms with Crippen molar-refractivity contribution < 1.29 is 14.5 Å². The van der Waals surface area contributed by atoms with Crippen LogP contribution in [0.2, 0.25) is 21.6 Å². The monoisotopic (exact) mass is 594 g/mol. The molecule has 2 nitrogen and oxygen atoms in total. The number of halogens is 2. The minimum absolute atomic E-state index is 0.284. The Hall–Kier alpha value is 2.57. The number of hydrogen-bond acceptors (Lipinski definition) is 2. The Labute approximate surface area is 133 Å². The van der Waals surface area contributed by atoms with E-state index in [1.54, 1.807) is 3.59 Å². The molecule has 0 aromatic carbocycles. The molecule has 0 aromatic rings. The molecule has 93 valence electrons. The predicted molar refractivity (Wildman–Crippen MR) is 89.5 cm³/mol. The van der Waals surface area contributed by atoms with E-state index < -0.39 is 18.4 Å². The van der Waals surface area contributed by atoms with Gasteiger partial charge in [-0.25, -0.2) is 0 Å². The molecule has 0 saturated carbocycles. The maximum atomic E-state index is 9.38. The Morgan fingerprint density at radius 1 is 1.44 bits per heavy atom. The van der Waals surface area contributed by atoms with Gasteiger partial charge < -0.3 is 0 Å². The van der Waals surface area contributed by atoms with Gasteiger partial charge >= 0.3 is 136 Å². The summed E-state index contributed by atoms with van der Waals surface area (Å²) in [6.45, 7) is 3.83. The van der Waals surface area contributed by atoms with Crippen molar-refractivity contribution in [3.8, 4) is 0 Å². The molecule has 0 fully saturated rings. The zero-order chi connectivity index (χ0) is 12.8. The summed E-state index contributed by atoms with van der Waals surface area (Å²) in [7, 11) is 0.343. The number of rotatable bonds is 2. The average Bonchev–Trinajstić information content (AvgIpc) is 2.18. The molecule has 0 aromatic heterocycles. The van der Waals surface area contributed by atoms with Gasteiger partial charge in [0.15, 0.2) is 0 Å². The van der Waals surface area contributed by atoms with Crippen LogP contribution in [0.1, 0.15) is 6.42 Å². The first-order chi connectivity index (χ1) is 7.32. The number of nitrogens with zero attached hydrogens (tertiary/aromatic N) is 1. The van der Waals surface area contributed by atoms with Gasteiger partial charge in [0, 0.05) is 0 Å². The second-order valence-electron chi connectivity index (χ2n) is 4.92. The van der Waals surface area contributed by atoms with Crippen LogP contribution in [0.25, 0.3) is 0 Å². The van der Waals surface area contributed by atoms with Gasteiger partial charge in [0.25, 0.3) is 0 Å². The van der Waals surface area contributed by atoms with E-state index in [9.17, 15) is 5.02 Å². The van der Waals surface area contributed by atoms with Crippen molar-refractivity contribution >= 4 is 65.4 Å². The van der Waals surface area contributed by atoms with Crippen molar-refractivity contribution in [2.24, 2.45) is 0 Å². The third-order valence-electron chi connectivity index (χ3n) is 2.73. The van der Waals surface area contributed by atoms with Crippen LogP contribution in [0.4, 0.5) is 0 Å². The Kier molecular flexibility index (Phi) is 11.0. The average molecular weight is 593 g/mol. The van der Waals surface area contributed by atoms with Crippen LogP contribution in [0.15, 0.2) is 9.67 Å². The summed E-state index contributed by atoms with van der Waals surface area (Å²) in [5.74, 6) is 0. The van der Waals surface area contributed by atoms with Crippen LogP contribution in [-0.4, -0.2) is 48.4 Å². The van der Waals surface area contributed by atoms with Crippen molar-refractivity contribution in [1.29, 1.82) is 0 Å². The molecular weight excluding hydrogens is 572 g/mol. The summed E-state index contributed by atoms with van der Waals surface area (Å²) in [6.07, 6.45) is 3.54. The predicted octanol–water partition coefficient (Wildman–Crippen LogP) is 3.38. The Morgan fingerprint density at radius 2 is 1.94 bits per heavy atom. The van der Waals surface area contributed by atoms with Gasteiger partial charge in [0.1, 0.15) is 0 Å². The zero-order valence-electron chi connectivity index (χ0n) is 10.4. The van der Waals surface area contributed by atoms with E-state index in [2.05, 4.69) is 65.7 Å². The molecule has 0 saturated heterocycles. The van der Waals surface area contributed by atoms with E-state index in [0.717, 1.165) is 13.1 Å². The molecule has 0 aliphatic carbocycles. The minimum atomic E-state index is -1.77. The van der Waals surface area contributed by atoms with E-state index in [-0.39, 0.29) is 7.05 Å². The van der Waals surface area contributed by atoms with Gasteiger partial charge in [-0.2, -0.15) is 0 Å². The Balaban J connectivity index is 0.000000673. The molecule has 1 N–H and O–H groups in total. The molecule has 1 aliphatic rings. The van der Waals surface area contributed by atoms with Gasteiger partial charge in [0.2, 0.25) is 0 Å². The van der Waals surface area contributed by atoms with Crippen molar-refractivity contribution in [2.75, 3.05) is 13.1 Å². The molecule has 7 heteroatoms. The van der Waals surface area contributed by atoms with E-state index in [1.807, 2.05) is 6.82 Å². The van der Waals surface area contributed by atoms with Crippen LogP contribution < -0.4 is 0 Å². The molecule has 16 heavy (non-hydrogen) atoms. The second-order valence-corrected chi connectivity index (χ2v) is 31.4. The van der Waals surface area contributed by atoms with Crippen LogP contribution >= 0.6 is 40.0 Å². The Morgan fingerprint density at radius 3 is 2.19 bits per heavy atom. The molecule has 1 rings (SSSR count). The van der Waals surface area contributed by atoms with Crippen molar-refractivity contribution in [3.63, 3.8) is 0 Å². The van der Waals surface area contributed by atoms with E-state index in [1.165, 1.54) is 6.42 Å². The molecule has 0 unspecified atom stereocenters. The molecule has 1 aliphatic heterocycles. The first-order valence-corrected chi connectivity index (χ1v) is 24.4. The van der Waals surface area contributed by atoms with Gasteiger partial charge in [-0.15, -0.1) is 0 Å². The number of hydrogen-bond donors (Lipinski definition) is 1. The summed E-state index contributed by atoms with van der Waals surface area (Å²) in [5.41, 5.74) is 0. The summed E-state index contributed by atoms with van der Waals surface area (Å²) in [4.78, 5) is 9.48. The van der Waals surface area contributed by atoms with Gasteiger partial charge in [-0.3, -0.25) is 0 Å². The molecule has 0 amide bonds. The van der Waals surface area contributed by atoms with Crippen molar-refractivity contribution in [2.45, 2.75) is 28.1 Å². The van der Waals surface area contributed by atoms with Gasteiger partial charge in [0.05, 0.1) is 0 Å². The van der Waals surface area contributed by atoms with Gasteiger partial charge in [-0.05, 0) is 0 Å².